The molecule has 0 unspecified atom stereocenters. The van der Waals surface area contributed by atoms with Crippen LogP contribution < -0.4 is 0 Å². The summed E-state index contributed by atoms with van der Waals surface area (Å²) < 4.78 is 0. The fourth-order valence-electron chi connectivity index (χ4n) is 1.41. The van der Waals surface area contributed by atoms with Gasteiger partial charge in [-0.3, -0.25) is 0 Å². The van der Waals surface area contributed by atoms with E-state index in [-0.39, 0.29) is 6.85 Å². The first-order valence-corrected chi connectivity index (χ1v) is 4.24. The van der Waals surface area contributed by atoms with Crippen LogP contribution in [0.1, 0.15) is 27.7 Å². The second-order valence-electron chi connectivity index (χ2n) is 3.37. The van der Waals surface area contributed by atoms with E-state index in [0.29, 0.717) is 12.1 Å². The molecular formula is C10H16BN. The summed E-state index contributed by atoms with van der Waals surface area (Å²) in [5.74, 6) is 5.21. The van der Waals surface area contributed by atoms with Gasteiger partial charge in [0.25, 0.3) is 0 Å². The molecule has 0 aromatic carbocycles. The zero-order chi connectivity index (χ0) is 9.72. The second kappa shape index (κ2) is 4.91. The van der Waals surface area contributed by atoms with Crippen LogP contribution in [0, 0.1) is 24.5 Å². The van der Waals surface area contributed by atoms with Gasteiger partial charge in [0, 0.05) is 0 Å². The van der Waals surface area contributed by atoms with Crippen molar-refractivity contribution in [2.75, 3.05) is 0 Å². The number of hydrogen-bond donors (Lipinski definition) is 0. The molecule has 0 rings (SSSR count). The molecule has 0 aromatic rings. The van der Waals surface area contributed by atoms with Crippen molar-refractivity contribution in [3.63, 3.8) is 0 Å². The molecule has 64 valence electrons. The molecule has 0 atom stereocenters. The van der Waals surface area contributed by atoms with E-state index in [0.717, 1.165) is 0 Å². The number of hydrogen-bond acceptors (Lipinski definition) is 1. The third-order valence-corrected chi connectivity index (χ3v) is 1.81. The minimum atomic E-state index is -0.176. The van der Waals surface area contributed by atoms with E-state index in [4.69, 9.17) is 12.8 Å². The molecule has 0 bridgehead atoms. The van der Waals surface area contributed by atoms with Crippen molar-refractivity contribution in [1.82, 2.24) is 4.81 Å². The Kier molecular flexibility index (Phi) is 4.56. The van der Waals surface area contributed by atoms with Crippen LogP contribution in [0.4, 0.5) is 0 Å². The van der Waals surface area contributed by atoms with Crippen molar-refractivity contribution >= 4 is 6.85 Å². The third-order valence-electron chi connectivity index (χ3n) is 1.81. The predicted molar refractivity (Wildman–Crippen MR) is 55.5 cm³/mol. The summed E-state index contributed by atoms with van der Waals surface area (Å²) in [4.78, 5) is 2.14. The van der Waals surface area contributed by atoms with Crippen LogP contribution in [0.25, 0.3) is 0 Å². The van der Waals surface area contributed by atoms with Crippen LogP contribution in [0.2, 0.25) is 0 Å². The topological polar surface area (TPSA) is 3.24 Å². The molecule has 1 nitrogen and oxygen atoms in total. The molecule has 12 heavy (non-hydrogen) atoms. The van der Waals surface area contributed by atoms with Gasteiger partial charge >= 0.3 is 6.85 Å². The Hall–Kier alpha value is -0.855. The average molecular weight is 161 g/mol. The maximum Gasteiger partial charge on any atom is 0.397 e. The van der Waals surface area contributed by atoms with Crippen molar-refractivity contribution in [2.24, 2.45) is 0 Å². The quantitative estimate of drug-likeness (QED) is 0.447. The van der Waals surface area contributed by atoms with E-state index in [1.807, 2.05) is 0 Å². The van der Waals surface area contributed by atoms with Gasteiger partial charge < -0.3 is 4.81 Å². The highest BCUT2D eigenvalue weighted by Gasteiger charge is 2.24. The molecule has 0 amide bonds. The average Bonchev–Trinajstić information content (AvgIpc) is 1.98. The highest BCUT2D eigenvalue weighted by atomic mass is 15.1. The molecule has 0 aliphatic rings. The second-order valence-corrected chi connectivity index (χ2v) is 3.37. The molecule has 0 saturated heterocycles. The lowest BCUT2D eigenvalue weighted by molar-refractivity contribution is 0.311. The maximum atomic E-state index is 5.33. The van der Waals surface area contributed by atoms with Crippen LogP contribution in [0.3, 0.4) is 0 Å². The minimum Gasteiger partial charge on any atom is -0.316 e. The van der Waals surface area contributed by atoms with Gasteiger partial charge in [-0.15, -0.1) is 24.5 Å². The van der Waals surface area contributed by atoms with Gasteiger partial charge in [0.2, 0.25) is 0 Å². The van der Waals surface area contributed by atoms with Gasteiger partial charge in [-0.05, 0) is 12.1 Å². The summed E-state index contributed by atoms with van der Waals surface area (Å²) in [5, 5.41) is 0. The van der Waals surface area contributed by atoms with Crippen LogP contribution in [-0.4, -0.2) is 23.7 Å². The number of rotatable bonds is 3. The number of terminal acetylenes is 2. The van der Waals surface area contributed by atoms with E-state index in [9.17, 15) is 0 Å². The van der Waals surface area contributed by atoms with Gasteiger partial charge in [0.1, 0.15) is 0 Å². The molecule has 0 heterocycles. The first kappa shape index (κ1) is 11.1. The fourth-order valence-corrected chi connectivity index (χ4v) is 1.41. The third kappa shape index (κ3) is 2.64. The Morgan fingerprint density at radius 3 is 1.42 bits per heavy atom. The first-order chi connectivity index (χ1) is 5.54. The van der Waals surface area contributed by atoms with Crippen molar-refractivity contribution in [2.45, 2.75) is 39.8 Å². The Bertz CT molecular complexity index is 185. The molecule has 0 aliphatic carbocycles. The molecule has 0 aliphatic heterocycles. The lowest BCUT2D eigenvalue weighted by atomic mass is 9.61. The van der Waals surface area contributed by atoms with E-state index >= 15 is 0 Å². The summed E-state index contributed by atoms with van der Waals surface area (Å²) in [6.07, 6.45) is 10.7. The van der Waals surface area contributed by atoms with Crippen LogP contribution >= 0.6 is 0 Å². The highest BCUT2D eigenvalue weighted by Crippen LogP contribution is 2.06. The maximum absolute atomic E-state index is 5.33. The Labute approximate surface area is 76.6 Å². The van der Waals surface area contributed by atoms with Gasteiger partial charge in [0.05, 0.1) is 0 Å². The largest absolute Gasteiger partial charge is 0.397 e. The molecular weight excluding hydrogens is 145 g/mol. The zero-order valence-corrected chi connectivity index (χ0v) is 8.33. The molecule has 0 spiro atoms. The van der Waals surface area contributed by atoms with Gasteiger partial charge in [-0.25, -0.2) is 0 Å². The van der Waals surface area contributed by atoms with E-state index < -0.39 is 0 Å². The minimum absolute atomic E-state index is 0.176. The summed E-state index contributed by atoms with van der Waals surface area (Å²) in [6, 6.07) is 0.782. The smallest absolute Gasteiger partial charge is 0.316 e. The van der Waals surface area contributed by atoms with Crippen LogP contribution in [0.5, 0.6) is 0 Å². The zero-order valence-electron chi connectivity index (χ0n) is 8.33. The van der Waals surface area contributed by atoms with Crippen LogP contribution in [-0.2, 0) is 0 Å². The monoisotopic (exact) mass is 161 g/mol. The molecule has 2 heteroatoms. The standard InChI is InChI=1S/C10H16BN/c1-7-11(8-2)12(9(3)4)10(5)6/h1-2,9-10H,3-6H3. The Morgan fingerprint density at radius 2 is 1.33 bits per heavy atom. The van der Waals surface area contributed by atoms with Crippen LogP contribution in [0.15, 0.2) is 0 Å². The van der Waals surface area contributed by atoms with E-state index in [1.165, 1.54) is 0 Å². The lowest BCUT2D eigenvalue weighted by Gasteiger charge is -2.31. The predicted octanol–water partition coefficient (Wildman–Crippen LogP) is 1.44. The summed E-state index contributed by atoms with van der Waals surface area (Å²) in [7, 11) is 0. The Balaban J connectivity index is 4.54. The highest BCUT2D eigenvalue weighted by molar-refractivity contribution is 6.72. The van der Waals surface area contributed by atoms with Crippen molar-refractivity contribution in [1.29, 1.82) is 0 Å². The van der Waals surface area contributed by atoms with Gasteiger partial charge in [-0.2, -0.15) is 0 Å². The van der Waals surface area contributed by atoms with Crippen molar-refractivity contribution in [3.8, 4) is 24.5 Å². The summed E-state index contributed by atoms with van der Waals surface area (Å²) in [6.45, 7) is 8.22. The molecule has 0 N–H and O–H groups in total. The summed E-state index contributed by atoms with van der Waals surface area (Å²) in [5.41, 5.74) is 0. The fraction of sp³-hybridized carbons (Fsp3) is 0.600. The SMILES string of the molecule is C#CB(C#C)N(C(C)C)C(C)C. The van der Waals surface area contributed by atoms with Crippen molar-refractivity contribution in [3.05, 3.63) is 0 Å². The van der Waals surface area contributed by atoms with Gasteiger partial charge in [0.15, 0.2) is 0 Å². The Morgan fingerprint density at radius 1 is 1.00 bits per heavy atom. The number of nitrogens with zero attached hydrogens (tertiary/aromatic N) is 1. The lowest BCUT2D eigenvalue weighted by Crippen LogP contribution is -2.47. The molecule has 0 fully saturated rings. The summed E-state index contributed by atoms with van der Waals surface area (Å²) >= 11 is 0. The van der Waals surface area contributed by atoms with E-state index in [1.54, 1.807) is 0 Å². The normalized spacial score (nSPS) is 10.1. The first-order valence-electron chi connectivity index (χ1n) is 4.24. The molecule has 0 saturated carbocycles. The molecule has 0 radical (unpaired) electrons. The van der Waals surface area contributed by atoms with Crippen molar-refractivity contribution < 1.29 is 0 Å². The van der Waals surface area contributed by atoms with E-state index in [2.05, 4.69) is 44.1 Å². The van der Waals surface area contributed by atoms with Gasteiger partial charge in [-0.1, -0.05) is 27.7 Å². The molecule has 0 aromatic heterocycles.